The number of carbonyl (C=O) groups excluding carboxylic acids is 3. The average Bonchev–Trinajstić information content (AvgIpc) is 3.26. The van der Waals surface area contributed by atoms with Gasteiger partial charge in [-0.05, 0) is 59.2 Å². The van der Waals surface area contributed by atoms with Crippen LogP contribution in [0.4, 0.5) is 4.79 Å². The van der Waals surface area contributed by atoms with Crippen LogP contribution in [0.5, 0.6) is 0 Å². The van der Waals surface area contributed by atoms with Crippen molar-refractivity contribution in [3.63, 3.8) is 0 Å². The van der Waals surface area contributed by atoms with Crippen molar-refractivity contribution in [1.29, 1.82) is 0 Å². The van der Waals surface area contributed by atoms with E-state index in [2.05, 4.69) is 5.32 Å². The van der Waals surface area contributed by atoms with Crippen molar-refractivity contribution in [3.05, 3.63) is 46.7 Å². The molecule has 0 spiro atoms. The van der Waals surface area contributed by atoms with Gasteiger partial charge in [0.2, 0.25) is 0 Å². The Morgan fingerprint density at radius 3 is 2.47 bits per heavy atom. The molecule has 0 fully saturated rings. The highest BCUT2D eigenvalue weighted by Crippen LogP contribution is 2.24. The highest BCUT2D eigenvalue weighted by atomic mass is 16.5. The Bertz CT molecular complexity index is 897. The number of ether oxygens (including phenoxy) is 1. The normalized spacial score (nSPS) is 10.9. The third kappa shape index (κ3) is 5.11. The van der Waals surface area contributed by atoms with E-state index in [1.165, 1.54) is 11.2 Å². The maximum Gasteiger partial charge on any atom is 0.355 e. The third-order valence-electron chi connectivity index (χ3n) is 4.79. The van der Waals surface area contributed by atoms with Gasteiger partial charge < -0.3 is 23.9 Å². The summed E-state index contributed by atoms with van der Waals surface area (Å²) in [6, 6.07) is 3.05. The van der Waals surface area contributed by atoms with E-state index < -0.39 is 5.97 Å². The first-order valence-corrected chi connectivity index (χ1v) is 10.2. The summed E-state index contributed by atoms with van der Waals surface area (Å²) in [5.41, 5.74) is 2.08. The molecule has 0 unspecified atom stereocenters. The van der Waals surface area contributed by atoms with Gasteiger partial charge in [0.25, 0.3) is 0 Å². The number of hydrogen-bond donors (Lipinski definition) is 1. The molecule has 164 valence electrons. The van der Waals surface area contributed by atoms with Gasteiger partial charge in [0, 0.05) is 23.8 Å². The number of nitrogens with one attached hydrogen (secondary N) is 1. The smallest absolute Gasteiger partial charge is 0.355 e. The van der Waals surface area contributed by atoms with Crippen molar-refractivity contribution in [2.75, 3.05) is 13.2 Å². The van der Waals surface area contributed by atoms with E-state index in [4.69, 9.17) is 9.15 Å². The van der Waals surface area contributed by atoms with E-state index >= 15 is 0 Å². The number of Topliss-reactive ketones (excluding diaryl/α,β-unsaturated/α-hetero) is 1. The largest absolute Gasteiger partial charge is 0.467 e. The Hall–Kier alpha value is -3.03. The zero-order valence-corrected chi connectivity index (χ0v) is 18.6. The minimum atomic E-state index is -0.455. The summed E-state index contributed by atoms with van der Waals surface area (Å²) in [5, 5.41) is 2.82. The number of amides is 2. The molecule has 0 saturated heterocycles. The molecule has 2 aromatic rings. The summed E-state index contributed by atoms with van der Waals surface area (Å²) < 4.78 is 12.3. The fraction of sp³-hybridized carbons (Fsp3) is 0.500. The van der Waals surface area contributed by atoms with Gasteiger partial charge in [-0.3, -0.25) is 4.79 Å². The van der Waals surface area contributed by atoms with Gasteiger partial charge in [0.15, 0.2) is 5.78 Å². The Kier molecular flexibility index (Phi) is 7.86. The first kappa shape index (κ1) is 23.3. The monoisotopic (exact) mass is 417 g/mol. The minimum Gasteiger partial charge on any atom is -0.467 e. The molecule has 0 radical (unpaired) electrons. The van der Waals surface area contributed by atoms with E-state index in [0.29, 0.717) is 34.8 Å². The third-order valence-corrected chi connectivity index (χ3v) is 4.79. The van der Waals surface area contributed by atoms with Gasteiger partial charge in [-0.2, -0.15) is 0 Å². The van der Waals surface area contributed by atoms with Crippen molar-refractivity contribution in [3.8, 4) is 0 Å². The molecule has 0 aliphatic rings. The average molecular weight is 418 g/mol. The lowest BCUT2D eigenvalue weighted by atomic mass is 10.1. The molecule has 8 nitrogen and oxygen atoms in total. The van der Waals surface area contributed by atoms with Crippen LogP contribution in [-0.2, 0) is 17.8 Å². The lowest BCUT2D eigenvalue weighted by molar-refractivity contribution is 0.0512. The molecule has 8 heteroatoms. The molecule has 0 aliphatic carbocycles. The van der Waals surface area contributed by atoms with E-state index in [1.807, 2.05) is 20.8 Å². The highest BCUT2D eigenvalue weighted by molar-refractivity contribution is 6.04. The van der Waals surface area contributed by atoms with Crippen LogP contribution < -0.4 is 5.32 Å². The van der Waals surface area contributed by atoms with E-state index in [1.54, 1.807) is 37.5 Å². The van der Waals surface area contributed by atoms with Crippen LogP contribution in [0.2, 0.25) is 0 Å². The second kappa shape index (κ2) is 10.1. The predicted octanol–water partition coefficient (Wildman–Crippen LogP) is 3.70. The molecule has 30 heavy (non-hydrogen) atoms. The highest BCUT2D eigenvalue weighted by Gasteiger charge is 2.28. The van der Waals surface area contributed by atoms with Gasteiger partial charge in [-0.15, -0.1) is 0 Å². The van der Waals surface area contributed by atoms with Crippen LogP contribution in [0, 0.1) is 13.8 Å². The molecule has 0 aliphatic heterocycles. The van der Waals surface area contributed by atoms with Crippen LogP contribution in [0.1, 0.15) is 65.6 Å². The predicted molar refractivity (Wildman–Crippen MR) is 113 cm³/mol. The van der Waals surface area contributed by atoms with E-state index in [9.17, 15) is 14.4 Å². The number of furan rings is 1. The lowest BCUT2D eigenvalue weighted by Crippen LogP contribution is -2.44. The SMILES string of the molecule is CCOC(=O)c1c(C)c(C(=O)CN(Cc2ccco2)C(=O)NC(C)C)c(C)n1CC. The molecule has 0 saturated carbocycles. The summed E-state index contributed by atoms with van der Waals surface area (Å²) in [4.78, 5) is 39.8. The Morgan fingerprint density at radius 1 is 1.23 bits per heavy atom. The maximum atomic E-state index is 13.3. The fourth-order valence-electron chi connectivity index (χ4n) is 3.54. The minimum absolute atomic E-state index is 0.0771. The van der Waals surface area contributed by atoms with Gasteiger partial charge in [0.05, 0.1) is 26.0 Å². The lowest BCUT2D eigenvalue weighted by Gasteiger charge is -2.23. The Labute approximate surface area is 177 Å². The van der Waals surface area contributed by atoms with Crippen LogP contribution in [0.3, 0.4) is 0 Å². The van der Waals surface area contributed by atoms with Crippen LogP contribution in [-0.4, -0.2) is 46.4 Å². The number of hydrogen-bond acceptors (Lipinski definition) is 5. The zero-order chi connectivity index (χ0) is 22.4. The zero-order valence-electron chi connectivity index (χ0n) is 18.6. The summed E-state index contributed by atoms with van der Waals surface area (Å²) in [5.74, 6) is -0.120. The molecule has 1 N–H and O–H groups in total. The Morgan fingerprint density at radius 2 is 1.93 bits per heavy atom. The quantitative estimate of drug-likeness (QED) is 0.496. The molecular formula is C22H31N3O5. The van der Waals surface area contributed by atoms with Crippen molar-refractivity contribution in [2.24, 2.45) is 0 Å². The first-order chi connectivity index (χ1) is 14.2. The number of rotatable bonds is 9. The van der Waals surface area contributed by atoms with Crippen molar-refractivity contribution in [1.82, 2.24) is 14.8 Å². The van der Waals surface area contributed by atoms with Gasteiger partial charge in [0.1, 0.15) is 11.5 Å². The maximum absolute atomic E-state index is 13.3. The summed E-state index contributed by atoms with van der Waals surface area (Å²) in [7, 11) is 0. The molecule has 2 rings (SSSR count). The number of aromatic nitrogens is 1. The number of ketones is 1. The standard InChI is InChI=1S/C22H31N3O5/c1-7-25-16(6)19(15(5)20(25)21(27)29-8-2)18(26)13-24(22(28)23-14(3)4)12-17-10-9-11-30-17/h9-11,14H,7-8,12-13H2,1-6H3,(H,23,28). The molecule has 0 atom stereocenters. The van der Waals surface area contributed by atoms with Gasteiger partial charge in [-0.1, -0.05) is 0 Å². The molecule has 2 heterocycles. The van der Waals surface area contributed by atoms with Crippen LogP contribution in [0.15, 0.2) is 22.8 Å². The molecule has 0 bridgehead atoms. The second-order valence-electron chi connectivity index (χ2n) is 7.36. The summed E-state index contributed by atoms with van der Waals surface area (Å²) >= 11 is 0. The number of urea groups is 1. The number of nitrogens with zero attached hydrogens (tertiary/aromatic N) is 2. The van der Waals surface area contributed by atoms with E-state index in [-0.39, 0.29) is 37.6 Å². The van der Waals surface area contributed by atoms with Crippen molar-refractivity contribution in [2.45, 2.75) is 60.7 Å². The van der Waals surface area contributed by atoms with Crippen molar-refractivity contribution >= 4 is 17.8 Å². The van der Waals surface area contributed by atoms with Gasteiger partial charge in [-0.25, -0.2) is 9.59 Å². The Balaban J connectivity index is 2.36. The number of carbonyl (C=O) groups is 3. The molecular weight excluding hydrogens is 386 g/mol. The van der Waals surface area contributed by atoms with Crippen molar-refractivity contribution < 1.29 is 23.5 Å². The summed E-state index contributed by atoms with van der Waals surface area (Å²) in [6.07, 6.45) is 1.52. The first-order valence-electron chi connectivity index (χ1n) is 10.2. The molecule has 2 amide bonds. The van der Waals surface area contributed by atoms with Crippen LogP contribution in [0.25, 0.3) is 0 Å². The van der Waals surface area contributed by atoms with E-state index in [0.717, 1.165) is 0 Å². The topological polar surface area (TPSA) is 93.8 Å². The number of esters is 1. The summed E-state index contributed by atoms with van der Waals surface area (Å²) in [6.45, 7) is 11.7. The second-order valence-corrected chi connectivity index (χ2v) is 7.36. The molecule has 2 aromatic heterocycles. The van der Waals surface area contributed by atoms with Gasteiger partial charge >= 0.3 is 12.0 Å². The van der Waals surface area contributed by atoms with Crippen LogP contribution >= 0.6 is 0 Å². The molecule has 0 aromatic carbocycles. The fourth-order valence-corrected chi connectivity index (χ4v) is 3.54.